The minimum atomic E-state index is -3.77. The molecule has 2 aromatic carbocycles. The SMILES string of the molecule is C[C@@](CCn1cc2cc(C#Cc3ccc(CCO)cc3)ccc2n1)(C(=O)NO)S(C)(=O)=O. The van der Waals surface area contributed by atoms with Crippen LogP contribution in [0.3, 0.4) is 0 Å². The molecule has 3 N–H and O–H groups in total. The zero-order valence-electron chi connectivity index (χ0n) is 17.9. The van der Waals surface area contributed by atoms with E-state index in [9.17, 15) is 13.2 Å². The monoisotopic (exact) mass is 455 g/mol. The van der Waals surface area contributed by atoms with Gasteiger partial charge in [-0.15, -0.1) is 0 Å². The Kier molecular flexibility index (Phi) is 6.99. The Hall–Kier alpha value is -3.19. The first kappa shape index (κ1) is 23.5. The summed E-state index contributed by atoms with van der Waals surface area (Å²) in [6, 6.07) is 13.3. The molecule has 1 heterocycles. The summed E-state index contributed by atoms with van der Waals surface area (Å²) in [6.45, 7) is 1.56. The third kappa shape index (κ3) is 5.16. The van der Waals surface area contributed by atoms with Crippen molar-refractivity contribution in [1.82, 2.24) is 15.3 Å². The van der Waals surface area contributed by atoms with E-state index >= 15 is 0 Å². The minimum absolute atomic E-state index is 0.0504. The number of carbonyl (C=O) groups is 1. The number of aromatic nitrogens is 2. The number of carbonyl (C=O) groups excluding carboxylic acids is 1. The van der Waals surface area contributed by atoms with E-state index in [0.29, 0.717) is 6.42 Å². The average molecular weight is 456 g/mol. The highest BCUT2D eigenvalue weighted by Gasteiger charge is 2.43. The topological polar surface area (TPSA) is 122 Å². The maximum Gasteiger partial charge on any atom is 0.264 e. The first-order chi connectivity index (χ1) is 15.2. The fourth-order valence-corrected chi connectivity index (χ4v) is 4.06. The molecule has 0 spiro atoms. The molecular weight excluding hydrogens is 430 g/mol. The van der Waals surface area contributed by atoms with Gasteiger partial charge in [0.2, 0.25) is 0 Å². The summed E-state index contributed by atoms with van der Waals surface area (Å²) in [5.74, 6) is 5.25. The van der Waals surface area contributed by atoms with Crippen LogP contribution in [-0.4, -0.2) is 52.0 Å². The molecule has 9 heteroatoms. The number of rotatable bonds is 7. The number of aliphatic hydroxyl groups is 1. The largest absolute Gasteiger partial charge is 0.396 e. The number of nitrogens with one attached hydrogen (secondary N) is 1. The Morgan fingerprint density at radius 3 is 2.44 bits per heavy atom. The molecule has 8 nitrogen and oxygen atoms in total. The third-order valence-corrected chi connectivity index (χ3v) is 7.50. The zero-order valence-corrected chi connectivity index (χ0v) is 18.7. The molecule has 32 heavy (non-hydrogen) atoms. The first-order valence-electron chi connectivity index (χ1n) is 9.99. The van der Waals surface area contributed by atoms with Crippen LogP contribution >= 0.6 is 0 Å². The molecular formula is C23H25N3O5S. The highest BCUT2D eigenvalue weighted by molar-refractivity contribution is 7.92. The second-order valence-corrected chi connectivity index (χ2v) is 10.2. The fourth-order valence-electron chi connectivity index (χ4n) is 3.21. The van der Waals surface area contributed by atoms with Crippen LogP contribution < -0.4 is 5.48 Å². The lowest BCUT2D eigenvalue weighted by molar-refractivity contribution is -0.131. The molecule has 3 aromatic rings. The average Bonchev–Trinajstić information content (AvgIpc) is 3.18. The van der Waals surface area contributed by atoms with E-state index in [1.165, 1.54) is 12.4 Å². The molecule has 168 valence electrons. The highest BCUT2D eigenvalue weighted by Crippen LogP contribution is 2.23. The van der Waals surface area contributed by atoms with Gasteiger partial charge in [-0.05, 0) is 55.7 Å². The van der Waals surface area contributed by atoms with Crippen LogP contribution in [0.5, 0.6) is 0 Å². The number of hydroxylamine groups is 1. The second kappa shape index (κ2) is 9.53. The molecule has 0 fully saturated rings. The first-order valence-corrected chi connectivity index (χ1v) is 11.9. The second-order valence-electron chi connectivity index (χ2n) is 7.78. The number of hydrogen-bond donors (Lipinski definition) is 3. The van der Waals surface area contributed by atoms with E-state index in [4.69, 9.17) is 10.3 Å². The van der Waals surface area contributed by atoms with Gasteiger partial charge in [-0.3, -0.25) is 14.7 Å². The summed E-state index contributed by atoms with van der Waals surface area (Å²) in [5.41, 5.74) is 4.88. The van der Waals surface area contributed by atoms with Gasteiger partial charge < -0.3 is 5.11 Å². The van der Waals surface area contributed by atoms with Crippen LogP contribution in [0.15, 0.2) is 48.7 Å². The van der Waals surface area contributed by atoms with E-state index < -0.39 is 20.5 Å². The van der Waals surface area contributed by atoms with E-state index in [2.05, 4.69) is 16.9 Å². The van der Waals surface area contributed by atoms with Gasteiger partial charge >= 0.3 is 0 Å². The van der Waals surface area contributed by atoms with Gasteiger partial charge in [0.05, 0.1) is 5.52 Å². The normalized spacial score (nSPS) is 13.2. The Labute approximate surface area is 186 Å². The summed E-state index contributed by atoms with van der Waals surface area (Å²) in [4.78, 5) is 12.0. The minimum Gasteiger partial charge on any atom is -0.396 e. The van der Waals surface area contributed by atoms with Gasteiger partial charge in [-0.2, -0.15) is 5.10 Å². The number of aliphatic hydroxyl groups excluding tert-OH is 1. The van der Waals surface area contributed by atoms with Gasteiger partial charge in [0.25, 0.3) is 5.91 Å². The lowest BCUT2D eigenvalue weighted by atomic mass is 10.1. The van der Waals surface area contributed by atoms with Gasteiger partial charge in [0, 0.05) is 42.1 Å². The van der Waals surface area contributed by atoms with Crippen molar-refractivity contribution in [1.29, 1.82) is 0 Å². The number of hydrogen-bond acceptors (Lipinski definition) is 6. The number of amides is 1. The molecule has 3 rings (SSSR count). The smallest absolute Gasteiger partial charge is 0.264 e. The van der Waals surface area contributed by atoms with Crippen LogP contribution in [0.1, 0.15) is 30.0 Å². The van der Waals surface area contributed by atoms with Crippen molar-refractivity contribution >= 4 is 26.6 Å². The number of benzene rings is 2. The quantitative estimate of drug-likeness (QED) is 0.283. The molecule has 0 unspecified atom stereocenters. The van der Waals surface area contributed by atoms with E-state index in [-0.39, 0.29) is 19.6 Å². The molecule has 0 bridgehead atoms. The summed E-state index contributed by atoms with van der Waals surface area (Å²) in [5, 5.41) is 23.2. The summed E-state index contributed by atoms with van der Waals surface area (Å²) >= 11 is 0. The summed E-state index contributed by atoms with van der Waals surface area (Å²) in [7, 11) is -3.77. The van der Waals surface area contributed by atoms with Crippen molar-refractivity contribution in [3.8, 4) is 11.8 Å². The Bertz CT molecular complexity index is 1290. The van der Waals surface area contributed by atoms with Gasteiger partial charge in [0.1, 0.15) is 0 Å². The summed E-state index contributed by atoms with van der Waals surface area (Å²) in [6.07, 6.45) is 3.30. The number of nitrogens with zero attached hydrogens (tertiary/aromatic N) is 2. The van der Waals surface area contributed by atoms with Crippen molar-refractivity contribution in [2.24, 2.45) is 0 Å². The van der Waals surface area contributed by atoms with Crippen LogP contribution in [0.4, 0.5) is 0 Å². The van der Waals surface area contributed by atoms with Crippen LogP contribution in [-0.2, 0) is 27.6 Å². The maximum atomic E-state index is 12.1. The molecule has 1 aromatic heterocycles. The molecule has 1 atom stereocenters. The zero-order chi connectivity index (χ0) is 23.4. The van der Waals surface area contributed by atoms with Crippen molar-refractivity contribution in [3.63, 3.8) is 0 Å². The number of sulfone groups is 1. The fraction of sp³-hybridized carbons (Fsp3) is 0.304. The van der Waals surface area contributed by atoms with Crippen LogP contribution in [0.2, 0.25) is 0 Å². The molecule has 0 aliphatic rings. The molecule has 1 amide bonds. The van der Waals surface area contributed by atoms with Crippen molar-refractivity contribution < 1.29 is 23.5 Å². The van der Waals surface area contributed by atoms with Crippen molar-refractivity contribution in [2.75, 3.05) is 12.9 Å². The summed E-state index contributed by atoms with van der Waals surface area (Å²) < 4.78 is 24.0. The maximum absolute atomic E-state index is 12.1. The van der Waals surface area contributed by atoms with Crippen molar-refractivity contribution in [2.45, 2.75) is 31.1 Å². The number of aryl methyl sites for hydroxylation is 1. The molecule has 0 saturated carbocycles. The van der Waals surface area contributed by atoms with Gasteiger partial charge in [-0.25, -0.2) is 13.9 Å². The molecule has 0 radical (unpaired) electrons. The van der Waals surface area contributed by atoms with Gasteiger partial charge in [-0.1, -0.05) is 24.0 Å². The Balaban J connectivity index is 1.77. The van der Waals surface area contributed by atoms with Gasteiger partial charge in [0.15, 0.2) is 14.6 Å². The van der Waals surface area contributed by atoms with Crippen LogP contribution in [0, 0.1) is 11.8 Å². The molecule has 0 aliphatic carbocycles. The third-order valence-electron chi connectivity index (χ3n) is 5.48. The lowest BCUT2D eigenvalue weighted by Crippen LogP contribution is -2.49. The Morgan fingerprint density at radius 2 is 1.81 bits per heavy atom. The highest BCUT2D eigenvalue weighted by atomic mass is 32.2. The van der Waals surface area contributed by atoms with E-state index in [0.717, 1.165) is 33.8 Å². The van der Waals surface area contributed by atoms with E-state index in [1.807, 2.05) is 42.5 Å². The number of fused-ring (bicyclic) bond motifs is 1. The van der Waals surface area contributed by atoms with E-state index in [1.54, 1.807) is 10.9 Å². The lowest BCUT2D eigenvalue weighted by Gasteiger charge is -2.24. The van der Waals surface area contributed by atoms with Crippen LogP contribution in [0.25, 0.3) is 10.9 Å². The molecule has 0 aliphatic heterocycles. The van der Waals surface area contributed by atoms with Crippen molar-refractivity contribution in [3.05, 3.63) is 65.4 Å². The standard InChI is InChI=1S/C23H25N3O5S/c1-23(22(28)25-29,32(2,30)31)12-13-26-16-20-15-19(9-10-21(20)24-26)8-7-17-3-5-18(6-4-17)11-14-27/h3-6,9-10,15-16,27,29H,11-14H2,1-2H3,(H,25,28)/t23-/m1/s1. The predicted octanol–water partition coefficient (Wildman–Crippen LogP) is 1.67. The predicted molar refractivity (Wildman–Crippen MR) is 121 cm³/mol. The Morgan fingerprint density at radius 1 is 1.16 bits per heavy atom. The molecule has 0 saturated heterocycles.